The van der Waals surface area contributed by atoms with Crippen LogP contribution in [0.1, 0.15) is 38.2 Å². The first-order valence-electron chi connectivity index (χ1n) is 6.87. The highest BCUT2D eigenvalue weighted by Crippen LogP contribution is 2.32. The summed E-state index contributed by atoms with van der Waals surface area (Å²) in [6, 6.07) is 10.00. The van der Waals surface area contributed by atoms with Crippen LogP contribution in [0.15, 0.2) is 30.3 Å². The van der Waals surface area contributed by atoms with Gasteiger partial charge in [0.25, 0.3) is 0 Å². The fourth-order valence-electron chi connectivity index (χ4n) is 2.60. The average molecular weight is 338 g/mol. The van der Waals surface area contributed by atoms with E-state index in [1.165, 1.54) is 4.90 Å². The number of hydrogen-bond donors (Lipinski definition) is 0. The zero-order valence-electron chi connectivity index (χ0n) is 11.9. The third-order valence-electron chi connectivity index (χ3n) is 3.72. The van der Waals surface area contributed by atoms with Crippen molar-refractivity contribution < 1.29 is 9.59 Å². The minimum Gasteiger partial charge on any atom is -0.282 e. The molecule has 0 bridgehead atoms. The van der Waals surface area contributed by atoms with E-state index in [1.807, 2.05) is 44.2 Å². The summed E-state index contributed by atoms with van der Waals surface area (Å²) in [5.74, 6) is 0.0478. The molecule has 0 aliphatic carbocycles. The number of carbonyl (C=O) groups is 2. The summed E-state index contributed by atoms with van der Waals surface area (Å²) in [7, 11) is 0. The molecule has 1 saturated heterocycles. The largest absolute Gasteiger partial charge is 0.282 e. The first kappa shape index (κ1) is 15.2. The number of rotatable bonds is 4. The van der Waals surface area contributed by atoms with Crippen LogP contribution in [0.2, 0.25) is 0 Å². The summed E-state index contributed by atoms with van der Waals surface area (Å²) >= 11 is 3.49. The molecule has 1 aliphatic rings. The molecule has 1 unspecified atom stereocenters. The van der Waals surface area contributed by atoms with E-state index in [0.717, 1.165) is 10.9 Å². The number of hydrogen-bond acceptors (Lipinski definition) is 2. The van der Waals surface area contributed by atoms with Gasteiger partial charge in [-0.15, -0.1) is 0 Å². The Hall–Kier alpha value is -1.16. The smallest absolute Gasteiger partial charge is 0.229 e. The lowest BCUT2D eigenvalue weighted by atomic mass is 9.81. The second-order valence-corrected chi connectivity index (χ2v) is 6.83. The lowest BCUT2D eigenvalue weighted by molar-refractivity contribution is -0.152. The zero-order chi connectivity index (χ0) is 14.8. The lowest BCUT2D eigenvalue weighted by Gasteiger charge is -2.36. The van der Waals surface area contributed by atoms with Crippen molar-refractivity contribution in [3.8, 4) is 0 Å². The number of halogens is 1. The maximum atomic E-state index is 12.2. The number of amides is 2. The van der Waals surface area contributed by atoms with Gasteiger partial charge in [-0.2, -0.15) is 0 Å². The highest BCUT2D eigenvalue weighted by atomic mass is 79.9. The van der Waals surface area contributed by atoms with Gasteiger partial charge in [0.1, 0.15) is 0 Å². The predicted octanol–water partition coefficient (Wildman–Crippen LogP) is 3.34. The second-order valence-electron chi connectivity index (χ2n) is 6.18. The van der Waals surface area contributed by atoms with Crippen molar-refractivity contribution in [2.45, 2.75) is 32.6 Å². The van der Waals surface area contributed by atoms with E-state index in [0.29, 0.717) is 19.4 Å². The molecular formula is C16H20BrNO2. The summed E-state index contributed by atoms with van der Waals surface area (Å²) < 4.78 is 0. The third kappa shape index (κ3) is 3.48. The molecule has 1 aromatic rings. The van der Waals surface area contributed by atoms with E-state index in [-0.39, 0.29) is 23.1 Å². The van der Waals surface area contributed by atoms with Crippen LogP contribution in [0.5, 0.6) is 0 Å². The van der Waals surface area contributed by atoms with Crippen LogP contribution in [-0.2, 0) is 9.59 Å². The van der Waals surface area contributed by atoms with Gasteiger partial charge < -0.3 is 0 Å². The molecule has 20 heavy (non-hydrogen) atoms. The standard InChI is InChI=1S/C16H20BrNO2/c1-16(2)8-14(19)18(15(20)9-16)11-13(10-17)12-6-4-3-5-7-12/h3-7,13H,8-11H2,1-2H3. The highest BCUT2D eigenvalue weighted by molar-refractivity contribution is 9.09. The van der Waals surface area contributed by atoms with Gasteiger partial charge in [-0.3, -0.25) is 14.5 Å². The molecule has 0 aromatic heterocycles. The van der Waals surface area contributed by atoms with Gasteiger partial charge in [-0.25, -0.2) is 0 Å². The molecule has 2 rings (SSSR count). The van der Waals surface area contributed by atoms with E-state index in [1.54, 1.807) is 0 Å². The normalized spacial score (nSPS) is 20.1. The number of benzene rings is 1. The summed E-state index contributed by atoms with van der Waals surface area (Å²) in [5, 5.41) is 0.734. The topological polar surface area (TPSA) is 37.4 Å². The van der Waals surface area contributed by atoms with E-state index in [4.69, 9.17) is 0 Å². The van der Waals surface area contributed by atoms with Gasteiger partial charge in [-0.05, 0) is 11.0 Å². The van der Waals surface area contributed by atoms with Crippen molar-refractivity contribution in [1.29, 1.82) is 0 Å². The van der Waals surface area contributed by atoms with Crippen LogP contribution < -0.4 is 0 Å². The number of piperidine rings is 1. The molecule has 4 heteroatoms. The summed E-state index contributed by atoms with van der Waals surface area (Å²) in [5.41, 5.74) is 0.941. The third-order valence-corrected chi connectivity index (χ3v) is 4.50. The Balaban J connectivity index is 2.12. The van der Waals surface area contributed by atoms with Crippen LogP contribution in [0.25, 0.3) is 0 Å². The number of nitrogens with zero attached hydrogens (tertiary/aromatic N) is 1. The second kappa shape index (κ2) is 6.08. The van der Waals surface area contributed by atoms with E-state index in [2.05, 4.69) is 15.9 Å². The molecule has 0 spiro atoms. The number of carbonyl (C=O) groups excluding carboxylic acids is 2. The Morgan fingerprint density at radius 1 is 1.15 bits per heavy atom. The summed E-state index contributed by atoms with van der Waals surface area (Å²) in [6.45, 7) is 4.40. The molecular weight excluding hydrogens is 318 g/mol. The van der Waals surface area contributed by atoms with Crippen molar-refractivity contribution in [1.82, 2.24) is 4.90 Å². The number of likely N-dealkylation sites (tertiary alicyclic amines) is 1. The predicted molar refractivity (Wildman–Crippen MR) is 82.7 cm³/mol. The van der Waals surface area contributed by atoms with Crippen molar-refractivity contribution >= 4 is 27.7 Å². The van der Waals surface area contributed by atoms with Crippen LogP contribution in [0, 0.1) is 5.41 Å². The molecule has 1 atom stereocenters. The fourth-order valence-corrected chi connectivity index (χ4v) is 3.18. The summed E-state index contributed by atoms with van der Waals surface area (Å²) in [4.78, 5) is 25.8. The molecule has 0 N–H and O–H groups in total. The van der Waals surface area contributed by atoms with Crippen LogP contribution in [-0.4, -0.2) is 28.6 Å². The molecule has 0 radical (unpaired) electrons. The number of imide groups is 1. The zero-order valence-corrected chi connectivity index (χ0v) is 13.5. The molecule has 1 aliphatic heterocycles. The van der Waals surface area contributed by atoms with Gasteiger partial charge >= 0.3 is 0 Å². The number of alkyl halides is 1. The van der Waals surface area contributed by atoms with Crippen LogP contribution in [0.4, 0.5) is 0 Å². The highest BCUT2D eigenvalue weighted by Gasteiger charge is 2.38. The minimum atomic E-state index is -0.207. The molecule has 1 aromatic carbocycles. The fraction of sp³-hybridized carbons (Fsp3) is 0.500. The van der Waals surface area contributed by atoms with Crippen molar-refractivity contribution in [2.24, 2.45) is 5.41 Å². The van der Waals surface area contributed by atoms with Crippen molar-refractivity contribution in [2.75, 3.05) is 11.9 Å². The van der Waals surface area contributed by atoms with Gasteiger partial charge in [0.05, 0.1) is 0 Å². The molecule has 3 nitrogen and oxygen atoms in total. The Morgan fingerprint density at radius 3 is 2.20 bits per heavy atom. The van der Waals surface area contributed by atoms with Crippen molar-refractivity contribution in [3.05, 3.63) is 35.9 Å². The van der Waals surface area contributed by atoms with Gasteiger partial charge in [0.2, 0.25) is 11.8 Å². The van der Waals surface area contributed by atoms with E-state index >= 15 is 0 Å². The Kier molecular flexibility index (Phi) is 4.63. The van der Waals surface area contributed by atoms with Gasteiger partial charge in [-0.1, -0.05) is 60.1 Å². The Labute approximate surface area is 128 Å². The average Bonchev–Trinajstić information content (AvgIpc) is 2.38. The quantitative estimate of drug-likeness (QED) is 0.624. The van der Waals surface area contributed by atoms with Gasteiger partial charge in [0, 0.05) is 30.6 Å². The van der Waals surface area contributed by atoms with Crippen molar-refractivity contribution in [3.63, 3.8) is 0 Å². The molecule has 1 heterocycles. The summed E-state index contributed by atoms with van der Waals surface area (Å²) in [6.07, 6.45) is 0.894. The maximum absolute atomic E-state index is 12.2. The van der Waals surface area contributed by atoms with E-state index in [9.17, 15) is 9.59 Å². The van der Waals surface area contributed by atoms with E-state index < -0.39 is 0 Å². The maximum Gasteiger partial charge on any atom is 0.229 e. The Bertz CT molecular complexity index is 478. The minimum absolute atomic E-state index is 0.0480. The first-order valence-corrected chi connectivity index (χ1v) is 7.99. The first-order chi connectivity index (χ1) is 9.43. The molecule has 0 saturated carbocycles. The lowest BCUT2D eigenvalue weighted by Crippen LogP contribution is -2.47. The molecule has 1 fully saturated rings. The molecule has 108 valence electrons. The van der Waals surface area contributed by atoms with Gasteiger partial charge in [0.15, 0.2) is 0 Å². The SMILES string of the molecule is CC1(C)CC(=O)N(CC(CBr)c2ccccc2)C(=O)C1. The Morgan fingerprint density at radius 2 is 1.70 bits per heavy atom. The van der Waals surface area contributed by atoms with Crippen LogP contribution >= 0.6 is 15.9 Å². The molecule has 2 amide bonds. The monoisotopic (exact) mass is 337 g/mol. The van der Waals surface area contributed by atoms with Crippen LogP contribution in [0.3, 0.4) is 0 Å².